The standard InChI is InChI=1S/C17H18ClN3O2/c18-15-6-3-13(4-7-15)5-8-16(22)20-10-11-21-17(23)14-2-1-9-19-12-14/h1-4,6-7,9,12H,5,8,10-11H2,(H,20,22)(H,21,23). The van der Waals surface area contributed by atoms with Gasteiger partial charge in [0.25, 0.3) is 5.91 Å². The zero-order valence-electron chi connectivity index (χ0n) is 12.6. The highest BCUT2D eigenvalue weighted by atomic mass is 35.5. The first-order valence-corrected chi connectivity index (χ1v) is 7.72. The third kappa shape index (κ3) is 6.08. The fourth-order valence-electron chi connectivity index (χ4n) is 1.97. The number of pyridine rings is 1. The molecule has 0 saturated carbocycles. The van der Waals surface area contributed by atoms with E-state index >= 15 is 0 Å². The monoisotopic (exact) mass is 331 g/mol. The zero-order chi connectivity index (χ0) is 16.5. The van der Waals surface area contributed by atoms with E-state index in [2.05, 4.69) is 15.6 Å². The summed E-state index contributed by atoms with van der Waals surface area (Å²) in [6.07, 6.45) is 4.17. The molecule has 2 amide bonds. The summed E-state index contributed by atoms with van der Waals surface area (Å²) in [7, 11) is 0. The maximum atomic E-state index is 11.8. The van der Waals surface area contributed by atoms with Crippen LogP contribution in [-0.2, 0) is 11.2 Å². The molecule has 0 saturated heterocycles. The molecule has 2 rings (SSSR count). The number of hydrogen-bond donors (Lipinski definition) is 2. The number of amides is 2. The van der Waals surface area contributed by atoms with E-state index in [1.54, 1.807) is 18.3 Å². The van der Waals surface area contributed by atoms with E-state index in [1.807, 2.05) is 24.3 Å². The van der Waals surface area contributed by atoms with Gasteiger partial charge in [-0.15, -0.1) is 0 Å². The predicted octanol–water partition coefficient (Wildman–Crippen LogP) is 2.21. The van der Waals surface area contributed by atoms with Gasteiger partial charge >= 0.3 is 0 Å². The average Bonchev–Trinajstić information content (AvgIpc) is 2.59. The van der Waals surface area contributed by atoms with Crippen molar-refractivity contribution in [3.8, 4) is 0 Å². The van der Waals surface area contributed by atoms with Gasteiger partial charge in [-0.25, -0.2) is 0 Å². The van der Waals surface area contributed by atoms with E-state index in [0.717, 1.165) is 5.56 Å². The van der Waals surface area contributed by atoms with Crippen LogP contribution in [0.4, 0.5) is 0 Å². The second kappa shape index (κ2) is 8.90. The van der Waals surface area contributed by atoms with Crippen LogP contribution in [0.15, 0.2) is 48.8 Å². The molecule has 0 aliphatic heterocycles. The molecule has 0 atom stereocenters. The van der Waals surface area contributed by atoms with Crippen LogP contribution in [0, 0.1) is 0 Å². The number of carbonyl (C=O) groups excluding carboxylic acids is 2. The zero-order valence-corrected chi connectivity index (χ0v) is 13.3. The fourth-order valence-corrected chi connectivity index (χ4v) is 2.10. The summed E-state index contributed by atoms with van der Waals surface area (Å²) < 4.78 is 0. The maximum absolute atomic E-state index is 11.8. The van der Waals surface area contributed by atoms with Crippen molar-refractivity contribution in [2.75, 3.05) is 13.1 Å². The Kier molecular flexibility index (Phi) is 6.56. The molecule has 0 aliphatic rings. The van der Waals surface area contributed by atoms with Crippen LogP contribution in [-0.4, -0.2) is 29.9 Å². The van der Waals surface area contributed by atoms with E-state index < -0.39 is 0 Å². The lowest BCUT2D eigenvalue weighted by atomic mass is 10.1. The van der Waals surface area contributed by atoms with Crippen LogP contribution >= 0.6 is 11.6 Å². The fraction of sp³-hybridized carbons (Fsp3) is 0.235. The molecular formula is C17H18ClN3O2. The molecule has 2 aromatic rings. The van der Waals surface area contributed by atoms with Crippen molar-refractivity contribution < 1.29 is 9.59 Å². The quantitative estimate of drug-likeness (QED) is 0.764. The number of nitrogens with one attached hydrogen (secondary N) is 2. The molecule has 5 nitrogen and oxygen atoms in total. The van der Waals surface area contributed by atoms with Gasteiger partial charge in [-0.05, 0) is 36.2 Å². The molecule has 0 spiro atoms. The third-order valence-corrected chi connectivity index (χ3v) is 3.46. The molecule has 1 heterocycles. The van der Waals surface area contributed by atoms with E-state index in [9.17, 15) is 9.59 Å². The summed E-state index contributed by atoms with van der Waals surface area (Å²) in [5, 5.41) is 6.18. The lowest BCUT2D eigenvalue weighted by molar-refractivity contribution is -0.121. The van der Waals surface area contributed by atoms with Gasteiger partial charge in [0.05, 0.1) is 5.56 Å². The Morgan fingerprint density at radius 1 is 1.04 bits per heavy atom. The van der Waals surface area contributed by atoms with Crippen molar-refractivity contribution in [2.45, 2.75) is 12.8 Å². The van der Waals surface area contributed by atoms with Crippen molar-refractivity contribution in [1.82, 2.24) is 15.6 Å². The largest absolute Gasteiger partial charge is 0.354 e. The topological polar surface area (TPSA) is 71.1 Å². The summed E-state index contributed by atoms with van der Waals surface area (Å²) in [6, 6.07) is 10.8. The van der Waals surface area contributed by atoms with E-state index in [0.29, 0.717) is 36.5 Å². The van der Waals surface area contributed by atoms with Crippen molar-refractivity contribution in [1.29, 1.82) is 0 Å². The Balaban J connectivity index is 1.61. The molecule has 120 valence electrons. The van der Waals surface area contributed by atoms with Gasteiger partial charge in [-0.2, -0.15) is 0 Å². The number of aryl methyl sites for hydroxylation is 1. The number of benzene rings is 1. The molecule has 0 fully saturated rings. The molecular weight excluding hydrogens is 314 g/mol. The second-order valence-electron chi connectivity index (χ2n) is 4.97. The van der Waals surface area contributed by atoms with Crippen molar-refractivity contribution in [2.24, 2.45) is 0 Å². The predicted molar refractivity (Wildman–Crippen MR) is 89.4 cm³/mol. The number of aromatic nitrogens is 1. The minimum absolute atomic E-state index is 0.0458. The number of rotatable bonds is 7. The van der Waals surface area contributed by atoms with Gasteiger partial charge < -0.3 is 10.6 Å². The highest BCUT2D eigenvalue weighted by molar-refractivity contribution is 6.30. The third-order valence-electron chi connectivity index (χ3n) is 3.21. The van der Waals surface area contributed by atoms with Crippen LogP contribution in [0.2, 0.25) is 5.02 Å². The van der Waals surface area contributed by atoms with E-state index in [4.69, 9.17) is 11.6 Å². The first-order valence-electron chi connectivity index (χ1n) is 7.34. The highest BCUT2D eigenvalue weighted by Gasteiger charge is 2.05. The maximum Gasteiger partial charge on any atom is 0.252 e. The van der Waals surface area contributed by atoms with E-state index in [-0.39, 0.29) is 11.8 Å². The van der Waals surface area contributed by atoms with Crippen LogP contribution in [0.5, 0.6) is 0 Å². The van der Waals surface area contributed by atoms with Crippen molar-refractivity contribution >= 4 is 23.4 Å². The summed E-state index contributed by atoms with van der Waals surface area (Å²) in [5.41, 5.74) is 1.57. The summed E-state index contributed by atoms with van der Waals surface area (Å²) in [5.74, 6) is -0.246. The van der Waals surface area contributed by atoms with Gasteiger partial charge in [0.1, 0.15) is 0 Å². The Morgan fingerprint density at radius 3 is 2.48 bits per heavy atom. The first kappa shape index (κ1) is 17.0. The molecule has 2 N–H and O–H groups in total. The molecule has 1 aromatic carbocycles. The molecule has 0 unspecified atom stereocenters. The van der Waals surface area contributed by atoms with Gasteiger partial charge in [-0.3, -0.25) is 14.6 Å². The molecule has 1 aromatic heterocycles. The van der Waals surface area contributed by atoms with Crippen LogP contribution in [0.1, 0.15) is 22.3 Å². The first-order chi connectivity index (χ1) is 11.1. The lowest BCUT2D eigenvalue weighted by Gasteiger charge is -2.07. The minimum Gasteiger partial charge on any atom is -0.354 e. The van der Waals surface area contributed by atoms with Gasteiger partial charge in [-0.1, -0.05) is 23.7 Å². The molecule has 23 heavy (non-hydrogen) atoms. The number of hydrogen-bond acceptors (Lipinski definition) is 3. The number of carbonyl (C=O) groups is 2. The smallest absolute Gasteiger partial charge is 0.252 e. The van der Waals surface area contributed by atoms with Crippen molar-refractivity contribution in [3.05, 3.63) is 64.9 Å². The number of halogens is 1. The normalized spacial score (nSPS) is 10.1. The minimum atomic E-state index is -0.200. The Labute approximate surface area is 140 Å². The summed E-state index contributed by atoms with van der Waals surface area (Å²) in [6.45, 7) is 0.770. The SMILES string of the molecule is O=C(CCc1ccc(Cl)cc1)NCCNC(=O)c1cccnc1. The Bertz CT molecular complexity index is 645. The Hall–Kier alpha value is -2.40. The summed E-state index contributed by atoms with van der Waals surface area (Å²) in [4.78, 5) is 27.4. The van der Waals surface area contributed by atoms with E-state index in [1.165, 1.54) is 6.20 Å². The van der Waals surface area contributed by atoms with Crippen LogP contribution in [0.3, 0.4) is 0 Å². The molecule has 0 bridgehead atoms. The van der Waals surface area contributed by atoms with Crippen LogP contribution in [0.25, 0.3) is 0 Å². The van der Waals surface area contributed by atoms with Gasteiger partial charge in [0.15, 0.2) is 0 Å². The lowest BCUT2D eigenvalue weighted by Crippen LogP contribution is -2.34. The molecule has 6 heteroatoms. The average molecular weight is 332 g/mol. The van der Waals surface area contributed by atoms with Crippen molar-refractivity contribution in [3.63, 3.8) is 0 Å². The highest BCUT2D eigenvalue weighted by Crippen LogP contribution is 2.10. The number of nitrogens with zero attached hydrogens (tertiary/aromatic N) is 1. The Morgan fingerprint density at radius 2 is 1.78 bits per heavy atom. The van der Waals surface area contributed by atoms with Gasteiger partial charge in [0, 0.05) is 36.9 Å². The summed E-state index contributed by atoms with van der Waals surface area (Å²) >= 11 is 5.81. The second-order valence-corrected chi connectivity index (χ2v) is 5.41. The van der Waals surface area contributed by atoms with Gasteiger partial charge in [0.2, 0.25) is 5.91 Å². The molecule has 0 radical (unpaired) electrons. The molecule has 0 aliphatic carbocycles. The van der Waals surface area contributed by atoms with Crippen LogP contribution < -0.4 is 10.6 Å².